The van der Waals surface area contributed by atoms with Gasteiger partial charge in [-0.25, -0.2) is 4.79 Å². The van der Waals surface area contributed by atoms with Crippen molar-refractivity contribution < 1.29 is 9.90 Å². The third kappa shape index (κ3) is 3.76. The van der Waals surface area contributed by atoms with Crippen LogP contribution in [0, 0.1) is 26.7 Å². The Morgan fingerprint density at radius 2 is 1.76 bits per heavy atom. The molecule has 1 atom stereocenters. The quantitative estimate of drug-likeness (QED) is 0.878. The Morgan fingerprint density at radius 1 is 1.24 bits per heavy atom. The van der Waals surface area contributed by atoms with E-state index in [-0.39, 0.29) is 12.1 Å². The van der Waals surface area contributed by atoms with E-state index in [0.29, 0.717) is 19.0 Å². The summed E-state index contributed by atoms with van der Waals surface area (Å²) in [7, 11) is 0. The first kappa shape index (κ1) is 15.8. The average molecular weight is 290 g/mol. The van der Waals surface area contributed by atoms with E-state index in [1.165, 1.54) is 5.56 Å². The minimum Gasteiger partial charge on any atom is -0.393 e. The number of amides is 2. The molecule has 0 aromatic heterocycles. The fourth-order valence-electron chi connectivity index (χ4n) is 3.15. The summed E-state index contributed by atoms with van der Waals surface area (Å²) in [5, 5.41) is 12.7. The van der Waals surface area contributed by atoms with Gasteiger partial charge in [-0.05, 0) is 57.6 Å². The van der Waals surface area contributed by atoms with Gasteiger partial charge in [0.1, 0.15) is 0 Å². The molecule has 1 fully saturated rings. The van der Waals surface area contributed by atoms with E-state index in [1.54, 1.807) is 0 Å². The van der Waals surface area contributed by atoms with Crippen molar-refractivity contribution in [2.24, 2.45) is 5.92 Å². The predicted octanol–water partition coefficient (Wildman–Crippen LogP) is 3.24. The Morgan fingerprint density at radius 3 is 2.24 bits per heavy atom. The monoisotopic (exact) mass is 290 g/mol. The van der Waals surface area contributed by atoms with Crippen molar-refractivity contribution in [2.45, 2.75) is 46.6 Å². The first-order chi connectivity index (χ1) is 9.88. The lowest BCUT2D eigenvalue weighted by atomic mass is 9.92. The van der Waals surface area contributed by atoms with E-state index in [2.05, 4.69) is 24.4 Å². The predicted molar refractivity (Wildman–Crippen MR) is 85.6 cm³/mol. The number of aliphatic hydroxyl groups excluding tert-OH is 1. The largest absolute Gasteiger partial charge is 0.393 e. The van der Waals surface area contributed by atoms with Crippen molar-refractivity contribution in [3.8, 4) is 0 Å². The zero-order valence-corrected chi connectivity index (χ0v) is 13.4. The number of rotatable bonds is 2. The van der Waals surface area contributed by atoms with Crippen LogP contribution in [0.5, 0.6) is 0 Å². The molecular formula is C17H26N2O2. The number of anilines is 1. The van der Waals surface area contributed by atoms with Crippen LogP contribution in [0.15, 0.2) is 12.1 Å². The van der Waals surface area contributed by atoms with E-state index in [1.807, 2.05) is 25.7 Å². The van der Waals surface area contributed by atoms with Gasteiger partial charge in [-0.3, -0.25) is 0 Å². The molecule has 1 aromatic rings. The number of aryl methyl sites for hydroxylation is 3. The number of carbonyl (C=O) groups is 1. The highest BCUT2D eigenvalue weighted by Gasteiger charge is 2.25. The van der Waals surface area contributed by atoms with Crippen molar-refractivity contribution in [1.82, 2.24) is 4.90 Å². The lowest BCUT2D eigenvalue weighted by molar-refractivity contribution is 0.0820. The van der Waals surface area contributed by atoms with Crippen molar-refractivity contribution in [3.63, 3.8) is 0 Å². The van der Waals surface area contributed by atoms with Gasteiger partial charge in [-0.2, -0.15) is 0 Å². The zero-order valence-electron chi connectivity index (χ0n) is 13.4. The number of carbonyl (C=O) groups excluding carboxylic acids is 1. The maximum absolute atomic E-state index is 12.4. The molecule has 1 heterocycles. The average Bonchev–Trinajstić information content (AvgIpc) is 2.42. The summed E-state index contributed by atoms with van der Waals surface area (Å²) in [5.74, 6) is 0.317. The van der Waals surface area contributed by atoms with E-state index in [4.69, 9.17) is 0 Å². The lowest BCUT2D eigenvalue weighted by Gasteiger charge is -2.33. The molecule has 0 spiro atoms. The van der Waals surface area contributed by atoms with E-state index in [9.17, 15) is 9.90 Å². The summed E-state index contributed by atoms with van der Waals surface area (Å²) in [5.41, 5.74) is 4.32. The SMILES string of the molecule is Cc1cc(C)c(NC(=O)N2CCC(C(C)O)CC2)c(C)c1. The van der Waals surface area contributed by atoms with Crippen LogP contribution < -0.4 is 5.32 Å². The van der Waals surface area contributed by atoms with E-state index < -0.39 is 0 Å². The Balaban J connectivity index is 2.00. The summed E-state index contributed by atoms with van der Waals surface area (Å²) in [6.45, 7) is 9.37. The third-order valence-electron chi connectivity index (χ3n) is 4.42. The molecule has 4 heteroatoms. The molecule has 2 amide bonds. The third-order valence-corrected chi connectivity index (χ3v) is 4.42. The molecule has 0 bridgehead atoms. The number of benzene rings is 1. The van der Waals surface area contributed by atoms with Gasteiger partial charge in [-0.1, -0.05) is 17.7 Å². The maximum atomic E-state index is 12.4. The minimum absolute atomic E-state index is 0.0332. The smallest absolute Gasteiger partial charge is 0.321 e. The van der Waals surface area contributed by atoms with Gasteiger partial charge in [0.05, 0.1) is 6.10 Å². The molecule has 1 aliphatic heterocycles. The molecule has 1 saturated heterocycles. The Labute approximate surface area is 127 Å². The summed E-state index contributed by atoms with van der Waals surface area (Å²) < 4.78 is 0. The molecular weight excluding hydrogens is 264 g/mol. The van der Waals surface area contributed by atoms with Gasteiger partial charge in [0.25, 0.3) is 0 Å². The second kappa shape index (κ2) is 6.48. The molecule has 4 nitrogen and oxygen atoms in total. The molecule has 2 rings (SSSR count). The molecule has 0 saturated carbocycles. The second-order valence-corrected chi connectivity index (χ2v) is 6.27. The fraction of sp³-hybridized carbons (Fsp3) is 0.588. The fourth-order valence-corrected chi connectivity index (χ4v) is 3.15. The van der Waals surface area contributed by atoms with Gasteiger partial charge < -0.3 is 15.3 Å². The molecule has 0 aliphatic carbocycles. The van der Waals surface area contributed by atoms with Crippen LogP contribution >= 0.6 is 0 Å². The van der Waals surface area contributed by atoms with Crippen molar-refractivity contribution >= 4 is 11.7 Å². The molecule has 1 aromatic carbocycles. The molecule has 2 N–H and O–H groups in total. The van der Waals surface area contributed by atoms with Gasteiger partial charge >= 0.3 is 6.03 Å². The Bertz CT molecular complexity index is 495. The summed E-state index contributed by atoms with van der Waals surface area (Å²) in [6, 6.07) is 4.14. The number of hydrogen-bond donors (Lipinski definition) is 2. The van der Waals surface area contributed by atoms with Crippen LogP contribution in [-0.4, -0.2) is 35.2 Å². The zero-order chi connectivity index (χ0) is 15.6. The molecule has 1 aliphatic rings. The second-order valence-electron chi connectivity index (χ2n) is 6.27. The molecule has 1 unspecified atom stereocenters. The van der Waals surface area contributed by atoms with Gasteiger partial charge in [-0.15, -0.1) is 0 Å². The minimum atomic E-state index is -0.281. The highest BCUT2D eigenvalue weighted by molar-refractivity contribution is 5.91. The van der Waals surface area contributed by atoms with Gasteiger partial charge in [0.15, 0.2) is 0 Å². The summed E-state index contributed by atoms with van der Waals surface area (Å²) >= 11 is 0. The van der Waals surface area contributed by atoms with Crippen LogP contribution in [0.3, 0.4) is 0 Å². The van der Waals surface area contributed by atoms with E-state index >= 15 is 0 Å². The summed E-state index contributed by atoms with van der Waals surface area (Å²) in [6.07, 6.45) is 1.46. The number of hydrogen-bond acceptors (Lipinski definition) is 2. The van der Waals surface area contributed by atoms with Gasteiger partial charge in [0, 0.05) is 18.8 Å². The highest BCUT2D eigenvalue weighted by Crippen LogP contribution is 2.24. The van der Waals surface area contributed by atoms with Crippen LogP contribution in [0.1, 0.15) is 36.5 Å². The number of urea groups is 1. The van der Waals surface area contributed by atoms with Gasteiger partial charge in [0.2, 0.25) is 0 Å². The number of nitrogens with zero attached hydrogens (tertiary/aromatic N) is 1. The number of piperidine rings is 1. The first-order valence-corrected chi connectivity index (χ1v) is 7.70. The maximum Gasteiger partial charge on any atom is 0.321 e. The van der Waals surface area contributed by atoms with E-state index in [0.717, 1.165) is 29.7 Å². The molecule has 116 valence electrons. The molecule has 21 heavy (non-hydrogen) atoms. The lowest BCUT2D eigenvalue weighted by Crippen LogP contribution is -2.43. The van der Waals surface area contributed by atoms with Crippen LogP contribution in [0.25, 0.3) is 0 Å². The van der Waals surface area contributed by atoms with Crippen LogP contribution in [0.2, 0.25) is 0 Å². The highest BCUT2D eigenvalue weighted by atomic mass is 16.3. The first-order valence-electron chi connectivity index (χ1n) is 7.70. The summed E-state index contributed by atoms with van der Waals surface area (Å²) in [4.78, 5) is 14.2. The molecule has 0 radical (unpaired) electrons. The van der Waals surface area contributed by atoms with Crippen LogP contribution in [-0.2, 0) is 0 Å². The van der Waals surface area contributed by atoms with Crippen molar-refractivity contribution in [1.29, 1.82) is 0 Å². The number of aliphatic hydroxyl groups is 1. The normalized spacial score (nSPS) is 17.7. The number of likely N-dealkylation sites (tertiary alicyclic amines) is 1. The Hall–Kier alpha value is -1.55. The Kier molecular flexibility index (Phi) is 4.88. The van der Waals surface area contributed by atoms with Crippen LogP contribution in [0.4, 0.5) is 10.5 Å². The van der Waals surface area contributed by atoms with Crippen molar-refractivity contribution in [2.75, 3.05) is 18.4 Å². The van der Waals surface area contributed by atoms with Crippen molar-refractivity contribution in [3.05, 3.63) is 28.8 Å². The standard InChI is InChI=1S/C17H26N2O2/c1-11-9-12(2)16(13(3)10-11)18-17(21)19-7-5-15(6-8-19)14(4)20/h9-10,14-15,20H,5-8H2,1-4H3,(H,18,21). The number of nitrogens with one attached hydrogen (secondary N) is 1. The topological polar surface area (TPSA) is 52.6 Å².